The van der Waals surface area contributed by atoms with Gasteiger partial charge in [-0.2, -0.15) is 13.2 Å². The van der Waals surface area contributed by atoms with Crippen LogP contribution in [0.25, 0.3) is 11.1 Å². The maximum absolute atomic E-state index is 12.7. The SMILES string of the molecule is CC.CC1CCCN1S(=O)c1ccc(F)cc1.Cc1cc(CNC=O)cc(-c2ccc(C(F)(F)F)nc2)c1. The van der Waals surface area contributed by atoms with Gasteiger partial charge < -0.3 is 5.32 Å². The molecule has 0 bridgehead atoms. The highest BCUT2D eigenvalue weighted by Gasteiger charge is 2.32. The van der Waals surface area contributed by atoms with Crippen molar-refractivity contribution in [2.24, 2.45) is 0 Å². The molecule has 0 radical (unpaired) electrons. The van der Waals surface area contributed by atoms with Crippen LogP contribution >= 0.6 is 0 Å². The number of aryl methyl sites for hydroxylation is 1. The molecule has 1 aliphatic heterocycles. The number of nitrogens with zero attached hydrogens (tertiary/aromatic N) is 2. The van der Waals surface area contributed by atoms with E-state index in [-0.39, 0.29) is 5.82 Å². The summed E-state index contributed by atoms with van der Waals surface area (Å²) in [5, 5.41) is 2.55. The lowest BCUT2D eigenvalue weighted by Crippen LogP contribution is -2.28. The molecular weight excluding hydrogens is 518 g/mol. The Labute approximate surface area is 223 Å². The highest BCUT2D eigenvalue weighted by molar-refractivity contribution is 7.82. The van der Waals surface area contributed by atoms with Crippen LogP contribution in [0.3, 0.4) is 0 Å². The Hall–Kier alpha value is -3.11. The molecular formula is C28H33F4N3O2S. The number of carbonyl (C=O) groups excluding carboxylic acids is 1. The minimum absolute atomic E-state index is 0.287. The van der Waals surface area contributed by atoms with Gasteiger partial charge in [0.25, 0.3) is 0 Å². The molecule has 1 fully saturated rings. The van der Waals surface area contributed by atoms with Gasteiger partial charge in [-0.05, 0) is 74.2 Å². The van der Waals surface area contributed by atoms with Gasteiger partial charge in [-0.3, -0.25) is 9.78 Å². The zero-order chi connectivity index (χ0) is 28.3. The molecule has 2 aromatic carbocycles. The maximum Gasteiger partial charge on any atom is 0.433 e. The van der Waals surface area contributed by atoms with E-state index in [0.29, 0.717) is 29.5 Å². The van der Waals surface area contributed by atoms with Crippen LogP contribution < -0.4 is 5.32 Å². The summed E-state index contributed by atoms with van der Waals surface area (Å²) in [6, 6.07) is 14.2. The summed E-state index contributed by atoms with van der Waals surface area (Å²) >= 11 is 0. The van der Waals surface area contributed by atoms with Gasteiger partial charge in [0.1, 0.15) is 22.5 Å². The summed E-state index contributed by atoms with van der Waals surface area (Å²) in [5.41, 5.74) is 2.27. The predicted octanol–water partition coefficient (Wildman–Crippen LogP) is 6.68. The Balaban J connectivity index is 0.000000262. The van der Waals surface area contributed by atoms with Crippen molar-refractivity contribution >= 4 is 17.4 Å². The zero-order valence-electron chi connectivity index (χ0n) is 21.9. The molecule has 0 aliphatic carbocycles. The standard InChI is InChI=1S/C15H13F3N2O.C11H14FNOS.C2H6/c1-10-4-11(7-19-9-21)6-13(5-10)12-2-3-14(20-8-12)15(16,17)18;1-9-3-2-8-13(9)15(14)11-6-4-10(12)5-7-11;1-2/h2-6,8-9H,7H2,1H3,(H,19,21);4-7,9H,2-3,8H2,1H3;1-2H3. The Bertz CT molecular complexity index is 1190. The number of rotatable bonds is 6. The molecule has 0 saturated carbocycles. The number of hydrogen-bond acceptors (Lipinski definition) is 3. The van der Waals surface area contributed by atoms with Crippen LogP contribution in [0, 0.1) is 12.7 Å². The Morgan fingerprint density at radius 1 is 1.08 bits per heavy atom. The lowest BCUT2D eigenvalue weighted by molar-refractivity contribution is -0.141. The quantitative estimate of drug-likeness (QED) is 0.275. The van der Waals surface area contributed by atoms with Crippen LogP contribution in [0.15, 0.2) is 65.7 Å². The van der Waals surface area contributed by atoms with Crippen molar-refractivity contribution in [1.29, 1.82) is 0 Å². The molecule has 1 N–H and O–H groups in total. The molecule has 206 valence electrons. The van der Waals surface area contributed by atoms with E-state index in [9.17, 15) is 26.6 Å². The van der Waals surface area contributed by atoms with Crippen LogP contribution in [0.4, 0.5) is 17.6 Å². The van der Waals surface area contributed by atoms with E-state index in [0.717, 1.165) is 42.1 Å². The monoisotopic (exact) mass is 551 g/mol. The highest BCUT2D eigenvalue weighted by atomic mass is 32.2. The van der Waals surface area contributed by atoms with E-state index >= 15 is 0 Å². The number of benzene rings is 2. The Kier molecular flexibility index (Phi) is 12.1. The fourth-order valence-corrected chi connectivity index (χ4v) is 5.23. The van der Waals surface area contributed by atoms with Gasteiger partial charge in [0.15, 0.2) is 0 Å². The normalized spacial score (nSPS) is 15.9. The molecule has 3 aromatic rings. The van der Waals surface area contributed by atoms with Crippen LogP contribution in [0.2, 0.25) is 0 Å². The number of nitrogens with one attached hydrogen (secondary N) is 1. The molecule has 1 aliphatic rings. The average molecular weight is 552 g/mol. The molecule has 4 rings (SSSR count). The van der Waals surface area contributed by atoms with Crippen molar-refractivity contribution in [3.8, 4) is 11.1 Å². The third kappa shape index (κ3) is 9.02. The third-order valence-corrected chi connectivity index (χ3v) is 7.28. The minimum Gasteiger partial charge on any atom is -0.355 e. The lowest BCUT2D eigenvalue weighted by Gasteiger charge is -2.19. The number of alkyl halides is 3. The second-order valence-corrected chi connectivity index (χ2v) is 9.91. The number of amides is 1. The number of carbonyl (C=O) groups is 1. The summed E-state index contributed by atoms with van der Waals surface area (Å²) < 4.78 is 64.2. The first-order valence-electron chi connectivity index (χ1n) is 12.3. The molecule has 10 heteroatoms. The first-order chi connectivity index (χ1) is 18.1. The van der Waals surface area contributed by atoms with Gasteiger partial charge >= 0.3 is 6.18 Å². The van der Waals surface area contributed by atoms with E-state index in [1.165, 1.54) is 24.4 Å². The van der Waals surface area contributed by atoms with Crippen molar-refractivity contribution in [2.45, 2.75) is 64.2 Å². The summed E-state index contributed by atoms with van der Waals surface area (Å²) in [7, 11) is -1.13. The predicted molar refractivity (Wildman–Crippen MR) is 142 cm³/mol. The first-order valence-corrected chi connectivity index (χ1v) is 13.4. The van der Waals surface area contributed by atoms with E-state index in [4.69, 9.17) is 0 Å². The van der Waals surface area contributed by atoms with Crippen LogP contribution in [-0.2, 0) is 28.5 Å². The smallest absolute Gasteiger partial charge is 0.355 e. The highest BCUT2D eigenvalue weighted by Crippen LogP contribution is 2.29. The van der Waals surface area contributed by atoms with Gasteiger partial charge in [-0.1, -0.05) is 37.6 Å². The second kappa shape index (κ2) is 14.7. The fraction of sp³-hybridized carbons (Fsp3) is 0.357. The fourth-order valence-electron chi connectivity index (χ4n) is 3.86. The van der Waals surface area contributed by atoms with E-state index < -0.39 is 22.9 Å². The summed E-state index contributed by atoms with van der Waals surface area (Å²) in [6.45, 7) is 9.19. The summed E-state index contributed by atoms with van der Waals surface area (Å²) in [5.74, 6) is -0.287. The number of halogens is 4. The van der Waals surface area contributed by atoms with Crippen LogP contribution in [0.1, 0.15) is 50.4 Å². The van der Waals surface area contributed by atoms with E-state index in [2.05, 4.69) is 17.2 Å². The van der Waals surface area contributed by atoms with Crippen molar-refractivity contribution in [1.82, 2.24) is 14.6 Å². The molecule has 0 spiro atoms. The number of hydrogen-bond donors (Lipinski definition) is 1. The molecule has 1 saturated heterocycles. The molecule has 5 nitrogen and oxygen atoms in total. The lowest BCUT2D eigenvalue weighted by atomic mass is 10.0. The molecule has 2 atom stereocenters. The number of pyridine rings is 1. The molecule has 2 unspecified atom stereocenters. The molecule has 38 heavy (non-hydrogen) atoms. The molecule has 1 amide bonds. The van der Waals surface area contributed by atoms with Gasteiger partial charge in [0.05, 0.1) is 4.90 Å². The van der Waals surface area contributed by atoms with Crippen molar-refractivity contribution in [2.75, 3.05) is 6.54 Å². The minimum atomic E-state index is -4.44. The Morgan fingerprint density at radius 2 is 1.76 bits per heavy atom. The molecule has 2 heterocycles. The summed E-state index contributed by atoms with van der Waals surface area (Å²) in [4.78, 5) is 14.5. The number of aromatic nitrogens is 1. The Morgan fingerprint density at radius 3 is 2.29 bits per heavy atom. The van der Waals surface area contributed by atoms with E-state index in [1.54, 1.807) is 12.1 Å². The van der Waals surface area contributed by atoms with E-state index in [1.807, 2.05) is 43.3 Å². The zero-order valence-corrected chi connectivity index (χ0v) is 22.7. The first kappa shape index (κ1) is 31.1. The largest absolute Gasteiger partial charge is 0.433 e. The maximum atomic E-state index is 12.7. The van der Waals surface area contributed by atoms with Crippen molar-refractivity contribution in [3.05, 3.63) is 83.4 Å². The third-order valence-electron chi connectivity index (χ3n) is 5.63. The second-order valence-electron chi connectivity index (χ2n) is 8.47. The van der Waals surface area contributed by atoms with Gasteiger partial charge in [-0.15, -0.1) is 0 Å². The molecule has 1 aromatic heterocycles. The topological polar surface area (TPSA) is 62.3 Å². The summed E-state index contributed by atoms with van der Waals surface area (Å²) in [6.07, 6.45) is -0.457. The van der Waals surface area contributed by atoms with Gasteiger partial charge in [0.2, 0.25) is 6.41 Å². The van der Waals surface area contributed by atoms with Crippen molar-refractivity contribution < 1.29 is 26.6 Å². The van der Waals surface area contributed by atoms with Crippen molar-refractivity contribution in [3.63, 3.8) is 0 Å². The van der Waals surface area contributed by atoms with Crippen LogP contribution in [-0.4, -0.2) is 32.5 Å². The van der Waals surface area contributed by atoms with Gasteiger partial charge in [0, 0.05) is 30.9 Å². The average Bonchev–Trinajstić information content (AvgIpc) is 3.34. The van der Waals surface area contributed by atoms with Gasteiger partial charge in [-0.25, -0.2) is 12.9 Å². The van der Waals surface area contributed by atoms with Crippen LogP contribution in [0.5, 0.6) is 0 Å².